The largest absolute Gasteiger partial charge is 0.255 e. The summed E-state index contributed by atoms with van der Waals surface area (Å²) >= 11 is 0. The number of H-pyrrole nitrogens is 1. The van der Waals surface area contributed by atoms with Crippen LogP contribution in [0.1, 0.15) is 18.3 Å². The van der Waals surface area contributed by atoms with E-state index in [-0.39, 0.29) is 5.82 Å². The van der Waals surface area contributed by atoms with Crippen LogP contribution in [-0.4, -0.2) is 4.98 Å². The van der Waals surface area contributed by atoms with Gasteiger partial charge in [0.25, 0.3) is 5.82 Å². The van der Waals surface area contributed by atoms with Crippen LogP contribution in [0.3, 0.4) is 0 Å². The van der Waals surface area contributed by atoms with Crippen molar-refractivity contribution >= 4 is 11.0 Å². The SMILES string of the molecule is CCc1[nH]c2ccccc2[n+]1Cc1ccc(F)cc1. The molecule has 0 fully saturated rings. The van der Waals surface area contributed by atoms with Gasteiger partial charge in [0.2, 0.25) is 0 Å². The number of aryl methyl sites for hydroxylation is 1. The molecule has 0 bridgehead atoms. The molecule has 2 aromatic carbocycles. The Bertz CT molecular complexity index is 698. The van der Waals surface area contributed by atoms with Gasteiger partial charge >= 0.3 is 0 Å². The Hall–Kier alpha value is -2.16. The van der Waals surface area contributed by atoms with E-state index in [0.29, 0.717) is 0 Å². The maximum atomic E-state index is 13.0. The van der Waals surface area contributed by atoms with Gasteiger partial charge in [0.1, 0.15) is 12.4 Å². The number of aromatic amines is 1. The molecule has 3 heteroatoms. The Balaban J connectivity index is 2.06. The van der Waals surface area contributed by atoms with Gasteiger partial charge in [0.05, 0.1) is 0 Å². The van der Waals surface area contributed by atoms with E-state index in [1.807, 2.05) is 24.3 Å². The second-order valence-corrected chi connectivity index (χ2v) is 4.66. The molecule has 0 unspecified atom stereocenters. The smallest absolute Gasteiger partial charge is 0.241 e. The summed E-state index contributed by atoms with van der Waals surface area (Å²) in [5.41, 5.74) is 3.43. The molecule has 1 aromatic heterocycles. The monoisotopic (exact) mass is 255 g/mol. The topological polar surface area (TPSA) is 19.7 Å². The number of hydrogen-bond acceptors (Lipinski definition) is 0. The molecule has 0 amide bonds. The third-order valence-corrected chi connectivity index (χ3v) is 3.39. The van der Waals surface area contributed by atoms with Crippen molar-refractivity contribution in [3.05, 3.63) is 65.7 Å². The average molecular weight is 255 g/mol. The van der Waals surface area contributed by atoms with Crippen LogP contribution in [0.4, 0.5) is 4.39 Å². The van der Waals surface area contributed by atoms with E-state index in [4.69, 9.17) is 0 Å². The lowest BCUT2D eigenvalue weighted by Crippen LogP contribution is -2.37. The number of fused-ring (bicyclic) bond motifs is 1. The van der Waals surface area contributed by atoms with Crippen molar-refractivity contribution < 1.29 is 8.96 Å². The molecule has 96 valence electrons. The highest BCUT2D eigenvalue weighted by Crippen LogP contribution is 2.11. The maximum Gasteiger partial charge on any atom is 0.255 e. The first-order chi connectivity index (χ1) is 9.28. The minimum absolute atomic E-state index is 0.191. The molecular weight excluding hydrogens is 239 g/mol. The second kappa shape index (κ2) is 4.84. The standard InChI is InChI=1S/C16H15FN2/c1-2-16-18-14-5-3-4-6-15(14)19(16)11-12-7-9-13(17)10-8-12/h3-10H,2,11H2,1H3/p+1. The normalized spacial score (nSPS) is 11.1. The van der Waals surface area contributed by atoms with Crippen LogP contribution in [-0.2, 0) is 13.0 Å². The predicted octanol–water partition coefficient (Wildman–Crippen LogP) is 3.21. The van der Waals surface area contributed by atoms with Crippen LogP contribution in [0.15, 0.2) is 48.5 Å². The third kappa shape index (κ3) is 2.24. The van der Waals surface area contributed by atoms with Crippen LogP contribution >= 0.6 is 0 Å². The van der Waals surface area contributed by atoms with E-state index >= 15 is 0 Å². The van der Waals surface area contributed by atoms with Crippen molar-refractivity contribution in [2.24, 2.45) is 0 Å². The Morgan fingerprint density at radius 2 is 1.79 bits per heavy atom. The summed E-state index contributed by atoms with van der Waals surface area (Å²) in [4.78, 5) is 3.43. The summed E-state index contributed by atoms with van der Waals surface area (Å²) in [6.07, 6.45) is 0.940. The van der Waals surface area contributed by atoms with Gasteiger partial charge in [-0.25, -0.2) is 13.9 Å². The Labute approximate surface area is 111 Å². The second-order valence-electron chi connectivity index (χ2n) is 4.66. The van der Waals surface area contributed by atoms with Crippen molar-refractivity contribution in [2.45, 2.75) is 19.9 Å². The number of aromatic nitrogens is 2. The van der Waals surface area contributed by atoms with Crippen LogP contribution in [0.5, 0.6) is 0 Å². The third-order valence-electron chi connectivity index (χ3n) is 3.39. The Morgan fingerprint density at radius 3 is 2.53 bits per heavy atom. The lowest BCUT2D eigenvalue weighted by molar-refractivity contribution is -0.669. The van der Waals surface area contributed by atoms with E-state index < -0.39 is 0 Å². The molecule has 0 aliphatic heterocycles. The average Bonchev–Trinajstić information content (AvgIpc) is 2.79. The van der Waals surface area contributed by atoms with Gasteiger partial charge in [-0.15, -0.1) is 0 Å². The van der Waals surface area contributed by atoms with Crippen molar-refractivity contribution in [1.29, 1.82) is 0 Å². The molecule has 0 atom stereocenters. The summed E-state index contributed by atoms with van der Waals surface area (Å²) in [7, 11) is 0. The van der Waals surface area contributed by atoms with Crippen molar-refractivity contribution in [3.8, 4) is 0 Å². The number of para-hydroxylation sites is 2. The zero-order valence-corrected chi connectivity index (χ0v) is 10.9. The van der Waals surface area contributed by atoms with Crippen molar-refractivity contribution in [3.63, 3.8) is 0 Å². The van der Waals surface area contributed by atoms with Crippen LogP contribution in [0, 0.1) is 5.82 Å². The Morgan fingerprint density at radius 1 is 1.05 bits per heavy atom. The highest BCUT2D eigenvalue weighted by Gasteiger charge is 2.16. The van der Waals surface area contributed by atoms with E-state index in [2.05, 4.69) is 28.6 Å². The zero-order valence-electron chi connectivity index (χ0n) is 10.9. The summed E-state index contributed by atoms with van der Waals surface area (Å²) in [6.45, 7) is 2.89. The van der Waals surface area contributed by atoms with Gasteiger partial charge in [-0.3, -0.25) is 0 Å². The lowest BCUT2D eigenvalue weighted by Gasteiger charge is -2.01. The Kier molecular flexibility index (Phi) is 3.03. The fourth-order valence-electron chi connectivity index (χ4n) is 2.42. The number of halogens is 1. The van der Waals surface area contributed by atoms with E-state index in [1.165, 1.54) is 23.5 Å². The molecule has 0 aliphatic carbocycles. The molecule has 0 radical (unpaired) electrons. The molecule has 0 aliphatic rings. The molecule has 0 saturated heterocycles. The molecular formula is C16H16FN2+. The number of nitrogens with one attached hydrogen (secondary N) is 1. The molecule has 1 N–H and O–H groups in total. The predicted molar refractivity (Wildman–Crippen MR) is 73.4 cm³/mol. The maximum absolute atomic E-state index is 13.0. The highest BCUT2D eigenvalue weighted by atomic mass is 19.1. The van der Waals surface area contributed by atoms with Gasteiger partial charge in [-0.1, -0.05) is 31.2 Å². The molecule has 19 heavy (non-hydrogen) atoms. The van der Waals surface area contributed by atoms with Crippen molar-refractivity contribution in [2.75, 3.05) is 0 Å². The van der Waals surface area contributed by atoms with E-state index in [9.17, 15) is 4.39 Å². The summed E-state index contributed by atoms with van der Waals surface area (Å²) in [5.74, 6) is 0.994. The number of rotatable bonds is 3. The van der Waals surface area contributed by atoms with Crippen LogP contribution in [0.2, 0.25) is 0 Å². The van der Waals surface area contributed by atoms with Crippen LogP contribution < -0.4 is 4.57 Å². The number of hydrogen-bond donors (Lipinski definition) is 1. The van der Waals surface area contributed by atoms with Gasteiger partial charge < -0.3 is 0 Å². The fourth-order valence-corrected chi connectivity index (χ4v) is 2.42. The zero-order chi connectivity index (χ0) is 13.2. The minimum atomic E-state index is -0.191. The van der Waals surface area contributed by atoms with Gasteiger partial charge in [0, 0.05) is 6.42 Å². The van der Waals surface area contributed by atoms with Gasteiger partial charge in [-0.05, 0) is 29.8 Å². The van der Waals surface area contributed by atoms with E-state index in [1.54, 1.807) is 0 Å². The van der Waals surface area contributed by atoms with Gasteiger partial charge in [-0.2, -0.15) is 0 Å². The quantitative estimate of drug-likeness (QED) is 0.693. The first-order valence-corrected chi connectivity index (χ1v) is 6.52. The molecule has 1 heterocycles. The molecule has 3 rings (SSSR count). The lowest BCUT2D eigenvalue weighted by atomic mass is 10.2. The number of nitrogens with zero attached hydrogens (tertiary/aromatic N) is 1. The minimum Gasteiger partial charge on any atom is -0.241 e. The number of benzene rings is 2. The highest BCUT2D eigenvalue weighted by molar-refractivity contribution is 5.71. The first-order valence-electron chi connectivity index (χ1n) is 6.52. The summed E-state index contributed by atoms with van der Waals surface area (Å²) < 4.78 is 15.2. The summed E-state index contributed by atoms with van der Waals surface area (Å²) in [5, 5.41) is 0. The summed E-state index contributed by atoms with van der Waals surface area (Å²) in [6, 6.07) is 14.9. The van der Waals surface area contributed by atoms with E-state index in [0.717, 1.165) is 24.0 Å². The molecule has 3 aromatic rings. The molecule has 2 nitrogen and oxygen atoms in total. The van der Waals surface area contributed by atoms with Crippen LogP contribution in [0.25, 0.3) is 11.0 Å². The van der Waals surface area contributed by atoms with Crippen molar-refractivity contribution in [1.82, 2.24) is 4.98 Å². The first kappa shape index (κ1) is 11.9. The van der Waals surface area contributed by atoms with Gasteiger partial charge in [0.15, 0.2) is 11.0 Å². The molecule has 0 spiro atoms. The molecule has 0 saturated carbocycles. The number of imidazole rings is 1. The fraction of sp³-hybridized carbons (Fsp3) is 0.188.